The molecule has 7 heteroatoms. The molecule has 0 unspecified atom stereocenters. The average Bonchev–Trinajstić information content (AvgIpc) is 2.44. The summed E-state index contributed by atoms with van der Waals surface area (Å²) in [4.78, 5) is 0. The van der Waals surface area contributed by atoms with Crippen LogP contribution in [0.5, 0.6) is 0 Å². The smallest absolute Gasteiger partial charge is 0.183 e. The molecule has 0 bridgehead atoms. The highest BCUT2D eigenvalue weighted by molar-refractivity contribution is 6.70. The van der Waals surface area contributed by atoms with Crippen molar-refractivity contribution in [3.8, 4) is 0 Å². The van der Waals surface area contributed by atoms with E-state index in [1.165, 1.54) is 0 Å². The molecule has 0 heterocycles. The van der Waals surface area contributed by atoms with Crippen LogP contribution >= 0.6 is 0 Å². The largest absolute Gasteiger partial charge is 0.418 e. The Kier molecular flexibility index (Phi) is 14.5. The van der Waals surface area contributed by atoms with Crippen LogP contribution in [-0.4, -0.2) is 69.5 Å². The average molecular weight is 381 g/mol. The fourth-order valence-corrected chi connectivity index (χ4v) is 3.23. The second-order valence-corrected chi connectivity index (χ2v) is 16.8. The minimum absolute atomic E-state index is 0.680. The second-order valence-electron chi connectivity index (χ2n) is 7.82. The Morgan fingerprint density at radius 3 is 1.17 bits per heavy atom. The SMILES string of the molecule is C[Si](C)(C)OCCCOCCCOCCCOCCO[Si](C)(C)C. The summed E-state index contributed by atoms with van der Waals surface area (Å²) in [6.45, 7) is 19.2. The van der Waals surface area contributed by atoms with Gasteiger partial charge in [0.2, 0.25) is 0 Å². The highest BCUT2D eigenvalue weighted by Gasteiger charge is 2.13. The monoisotopic (exact) mass is 380 g/mol. The molecule has 0 spiro atoms. The standard InChI is InChI=1S/C17H40O5Si2/c1-23(2,3)21-15-9-14-19-11-7-10-18-12-8-13-20-16-17-22-24(4,5)6/h7-17H2,1-6H3. The first-order chi connectivity index (χ1) is 11.2. The van der Waals surface area contributed by atoms with Crippen LogP contribution in [0.15, 0.2) is 0 Å². The minimum atomic E-state index is -1.39. The predicted molar refractivity (Wildman–Crippen MR) is 105 cm³/mol. The van der Waals surface area contributed by atoms with E-state index in [9.17, 15) is 0 Å². The normalized spacial score (nSPS) is 12.8. The highest BCUT2D eigenvalue weighted by atomic mass is 28.4. The molecule has 0 saturated heterocycles. The van der Waals surface area contributed by atoms with Crippen LogP contribution in [0.3, 0.4) is 0 Å². The maximum Gasteiger partial charge on any atom is 0.183 e. The zero-order valence-corrected chi connectivity index (χ0v) is 18.8. The maximum absolute atomic E-state index is 5.77. The van der Waals surface area contributed by atoms with Gasteiger partial charge in [0.25, 0.3) is 0 Å². The third-order valence-corrected chi connectivity index (χ3v) is 5.03. The van der Waals surface area contributed by atoms with Gasteiger partial charge in [-0.05, 0) is 58.5 Å². The summed E-state index contributed by atoms with van der Waals surface area (Å²) in [5.41, 5.74) is 0. The topological polar surface area (TPSA) is 46.2 Å². The molecule has 0 amide bonds. The summed E-state index contributed by atoms with van der Waals surface area (Å²) in [5, 5.41) is 0. The molecule has 0 aliphatic rings. The fourth-order valence-electron chi connectivity index (χ4n) is 1.78. The van der Waals surface area contributed by atoms with Gasteiger partial charge in [-0.3, -0.25) is 0 Å². The first-order valence-corrected chi connectivity index (χ1v) is 16.0. The van der Waals surface area contributed by atoms with Gasteiger partial charge in [0.15, 0.2) is 16.6 Å². The van der Waals surface area contributed by atoms with E-state index in [1.807, 2.05) is 0 Å². The molecule has 0 N–H and O–H groups in total. The maximum atomic E-state index is 5.77. The van der Waals surface area contributed by atoms with Crippen molar-refractivity contribution in [2.45, 2.75) is 58.5 Å². The molecular formula is C17H40O5Si2. The van der Waals surface area contributed by atoms with Crippen LogP contribution in [-0.2, 0) is 23.1 Å². The molecule has 5 nitrogen and oxygen atoms in total. The molecule has 0 aliphatic carbocycles. The zero-order valence-electron chi connectivity index (χ0n) is 16.8. The Morgan fingerprint density at radius 1 is 0.417 bits per heavy atom. The fraction of sp³-hybridized carbons (Fsp3) is 1.00. The lowest BCUT2D eigenvalue weighted by Crippen LogP contribution is -2.27. The van der Waals surface area contributed by atoms with Crippen LogP contribution in [0.25, 0.3) is 0 Å². The lowest BCUT2D eigenvalue weighted by molar-refractivity contribution is 0.0536. The zero-order chi connectivity index (χ0) is 18.3. The summed E-state index contributed by atoms with van der Waals surface area (Å²) in [6.07, 6.45) is 2.85. The molecule has 0 aromatic carbocycles. The summed E-state index contributed by atoms with van der Waals surface area (Å²) < 4.78 is 28.1. The van der Waals surface area contributed by atoms with Crippen molar-refractivity contribution in [3.63, 3.8) is 0 Å². The number of hydrogen-bond donors (Lipinski definition) is 0. The van der Waals surface area contributed by atoms with Gasteiger partial charge in [-0.2, -0.15) is 0 Å². The van der Waals surface area contributed by atoms with Crippen molar-refractivity contribution in [2.75, 3.05) is 52.9 Å². The highest BCUT2D eigenvalue weighted by Crippen LogP contribution is 2.03. The van der Waals surface area contributed by atoms with Gasteiger partial charge >= 0.3 is 0 Å². The van der Waals surface area contributed by atoms with Gasteiger partial charge in [-0.1, -0.05) is 0 Å². The molecule has 0 atom stereocenters. The van der Waals surface area contributed by atoms with E-state index in [1.54, 1.807) is 0 Å². The van der Waals surface area contributed by atoms with Gasteiger partial charge in [0.05, 0.1) is 13.2 Å². The van der Waals surface area contributed by atoms with Crippen LogP contribution < -0.4 is 0 Å². The van der Waals surface area contributed by atoms with E-state index in [2.05, 4.69) is 39.3 Å². The van der Waals surface area contributed by atoms with E-state index in [4.69, 9.17) is 23.1 Å². The van der Waals surface area contributed by atoms with Crippen molar-refractivity contribution in [3.05, 3.63) is 0 Å². The summed E-state index contributed by atoms with van der Waals surface area (Å²) in [5.74, 6) is 0. The minimum Gasteiger partial charge on any atom is -0.418 e. The molecule has 0 saturated carbocycles. The van der Waals surface area contributed by atoms with E-state index < -0.39 is 16.6 Å². The predicted octanol–water partition coefficient (Wildman–Crippen LogP) is 3.91. The lowest BCUT2D eigenvalue weighted by Gasteiger charge is -2.17. The molecule has 0 aliphatic heterocycles. The van der Waals surface area contributed by atoms with E-state index in [-0.39, 0.29) is 0 Å². The molecule has 0 fully saturated rings. The van der Waals surface area contributed by atoms with Gasteiger partial charge < -0.3 is 23.1 Å². The Labute approximate surface area is 151 Å². The van der Waals surface area contributed by atoms with E-state index in [0.29, 0.717) is 13.2 Å². The lowest BCUT2D eigenvalue weighted by atomic mass is 10.4. The van der Waals surface area contributed by atoms with Crippen molar-refractivity contribution >= 4 is 16.6 Å². The second kappa shape index (κ2) is 14.4. The van der Waals surface area contributed by atoms with Gasteiger partial charge in [-0.25, -0.2) is 0 Å². The Morgan fingerprint density at radius 2 is 0.750 bits per heavy atom. The Bertz CT molecular complexity index is 249. The van der Waals surface area contributed by atoms with Gasteiger partial charge in [0, 0.05) is 39.6 Å². The van der Waals surface area contributed by atoms with Crippen molar-refractivity contribution in [2.24, 2.45) is 0 Å². The van der Waals surface area contributed by atoms with Crippen molar-refractivity contribution in [1.82, 2.24) is 0 Å². The molecule has 0 aromatic rings. The molecule has 24 heavy (non-hydrogen) atoms. The summed E-state index contributed by atoms with van der Waals surface area (Å²) in [6, 6.07) is 0. The first-order valence-electron chi connectivity index (χ1n) is 9.22. The van der Waals surface area contributed by atoms with Crippen molar-refractivity contribution in [1.29, 1.82) is 0 Å². The molecule has 0 aromatic heterocycles. The number of hydrogen-bond acceptors (Lipinski definition) is 5. The van der Waals surface area contributed by atoms with Gasteiger partial charge in [0.1, 0.15) is 0 Å². The van der Waals surface area contributed by atoms with Gasteiger partial charge in [-0.15, -0.1) is 0 Å². The molecular weight excluding hydrogens is 340 g/mol. The number of ether oxygens (including phenoxy) is 3. The van der Waals surface area contributed by atoms with Crippen LogP contribution in [0, 0.1) is 0 Å². The van der Waals surface area contributed by atoms with E-state index >= 15 is 0 Å². The van der Waals surface area contributed by atoms with Crippen LogP contribution in [0.1, 0.15) is 19.3 Å². The summed E-state index contributed by atoms with van der Waals surface area (Å²) >= 11 is 0. The third kappa shape index (κ3) is 22.2. The quantitative estimate of drug-likeness (QED) is 0.283. The Hall–Kier alpha value is 0.234. The molecule has 146 valence electrons. The third-order valence-electron chi connectivity index (χ3n) is 2.89. The molecule has 0 rings (SSSR count). The van der Waals surface area contributed by atoms with Crippen molar-refractivity contribution < 1.29 is 23.1 Å². The summed E-state index contributed by atoms with van der Waals surface area (Å²) in [7, 11) is -2.75. The van der Waals surface area contributed by atoms with Crippen LogP contribution in [0.4, 0.5) is 0 Å². The molecule has 0 radical (unpaired) electrons. The Balaban J connectivity index is 3.08. The first kappa shape index (κ1) is 24.2. The number of rotatable bonds is 17. The van der Waals surface area contributed by atoms with Crippen LogP contribution in [0.2, 0.25) is 39.3 Å². The van der Waals surface area contributed by atoms with E-state index in [0.717, 1.165) is 58.9 Å².